The topological polar surface area (TPSA) is 124 Å². The molecule has 38 heavy (non-hydrogen) atoms. The monoisotopic (exact) mass is 511 g/mol. The third kappa shape index (κ3) is 4.75. The summed E-state index contributed by atoms with van der Waals surface area (Å²) in [6, 6.07) is 24.6. The normalized spacial score (nSPS) is 15.0. The maximum atomic E-state index is 13.3. The van der Waals surface area contributed by atoms with E-state index in [-0.39, 0.29) is 22.7 Å². The van der Waals surface area contributed by atoms with Crippen molar-refractivity contribution in [1.29, 1.82) is 5.26 Å². The molecule has 1 heterocycles. The number of para-hydroxylation sites is 2. The second-order valence-corrected chi connectivity index (χ2v) is 8.08. The lowest BCUT2D eigenvalue weighted by molar-refractivity contribution is -0.139. The molecular weight excluding hydrogens is 486 g/mol. The summed E-state index contributed by atoms with van der Waals surface area (Å²) in [6.07, 6.45) is 0. The van der Waals surface area contributed by atoms with E-state index in [4.69, 9.17) is 24.7 Å². The van der Waals surface area contributed by atoms with Crippen molar-refractivity contribution in [2.75, 3.05) is 26.2 Å². The molecule has 0 radical (unpaired) electrons. The van der Waals surface area contributed by atoms with Crippen molar-refractivity contribution in [1.82, 2.24) is 0 Å². The van der Waals surface area contributed by atoms with Gasteiger partial charge < -0.3 is 24.7 Å². The first kappa shape index (κ1) is 25.9. The van der Waals surface area contributed by atoms with Crippen molar-refractivity contribution in [2.45, 2.75) is 5.92 Å². The van der Waals surface area contributed by atoms with Crippen LogP contribution in [0.25, 0.3) is 0 Å². The Balaban J connectivity index is 1.97. The zero-order valence-corrected chi connectivity index (χ0v) is 21.0. The lowest BCUT2D eigenvalue weighted by Gasteiger charge is -2.36. The van der Waals surface area contributed by atoms with E-state index in [1.54, 1.807) is 86.0 Å². The summed E-state index contributed by atoms with van der Waals surface area (Å²) in [5.74, 6) is -1.23. The van der Waals surface area contributed by atoms with Crippen molar-refractivity contribution in [3.63, 3.8) is 0 Å². The van der Waals surface area contributed by atoms with Crippen molar-refractivity contribution in [2.24, 2.45) is 5.73 Å². The number of rotatable bonds is 7. The number of anilines is 1. The van der Waals surface area contributed by atoms with Crippen LogP contribution in [0, 0.1) is 11.3 Å². The van der Waals surface area contributed by atoms with Crippen molar-refractivity contribution >= 4 is 17.6 Å². The molecule has 3 aromatic carbocycles. The molecule has 0 fully saturated rings. The van der Waals surface area contributed by atoms with E-state index in [9.17, 15) is 14.9 Å². The summed E-state index contributed by atoms with van der Waals surface area (Å²) in [6.45, 7) is 0. The van der Waals surface area contributed by atoms with Gasteiger partial charge in [-0.25, -0.2) is 9.59 Å². The summed E-state index contributed by atoms with van der Waals surface area (Å²) in [7, 11) is 3.95. The highest BCUT2D eigenvalue weighted by atomic mass is 16.5. The number of nitrogens with zero attached hydrogens (tertiary/aromatic N) is 2. The van der Waals surface area contributed by atoms with E-state index < -0.39 is 17.9 Å². The lowest BCUT2D eigenvalue weighted by Crippen LogP contribution is -2.40. The number of allylic oxidation sites excluding steroid dienone is 1. The molecule has 0 aliphatic carbocycles. The van der Waals surface area contributed by atoms with Crippen LogP contribution in [0.4, 0.5) is 5.69 Å². The van der Waals surface area contributed by atoms with E-state index >= 15 is 0 Å². The number of carbonyl (C=O) groups is 2. The summed E-state index contributed by atoms with van der Waals surface area (Å²) in [5, 5.41) is 10.2. The van der Waals surface area contributed by atoms with Crippen molar-refractivity contribution in [3.8, 4) is 23.3 Å². The minimum Gasteiger partial charge on any atom is -0.497 e. The third-order valence-corrected chi connectivity index (χ3v) is 6.00. The highest BCUT2D eigenvalue weighted by molar-refractivity contribution is 6.06. The predicted octanol–water partition coefficient (Wildman–Crippen LogP) is 4.39. The minimum atomic E-state index is -0.964. The molecule has 4 rings (SSSR count). The van der Waals surface area contributed by atoms with Crippen LogP contribution in [0.1, 0.15) is 11.5 Å². The molecular formula is C29H25N3O6. The van der Waals surface area contributed by atoms with Gasteiger partial charge in [0.2, 0.25) is 0 Å². The first-order valence-electron chi connectivity index (χ1n) is 11.5. The Labute approximate surface area is 219 Å². The Kier molecular flexibility index (Phi) is 7.63. The number of benzene rings is 3. The molecule has 9 heteroatoms. The highest BCUT2D eigenvalue weighted by Crippen LogP contribution is 2.45. The number of methoxy groups -OCH3 is 3. The second kappa shape index (κ2) is 11.2. The number of ether oxygens (including phenoxy) is 4. The minimum absolute atomic E-state index is 0.0554. The zero-order valence-electron chi connectivity index (χ0n) is 21.0. The predicted molar refractivity (Wildman–Crippen MR) is 139 cm³/mol. The summed E-state index contributed by atoms with van der Waals surface area (Å²) < 4.78 is 21.5. The molecule has 9 nitrogen and oxygen atoms in total. The molecule has 1 unspecified atom stereocenters. The Morgan fingerprint density at radius 3 is 2.05 bits per heavy atom. The molecule has 192 valence electrons. The average molecular weight is 512 g/mol. The maximum Gasteiger partial charge on any atom is 0.355 e. The smallest absolute Gasteiger partial charge is 0.355 e. The van der Waals surface area contributed by atoms with Gasteiger partial charge in [0.15, 0.2) is 5.75 Å². The van der Waals surface area contributed by atoms with E-state index in [0.717, 1.165) is 0 Å². The molecule has 1 aliphatic heterocycles. The van der Waals surface area contributed by atoms with Crippen LogP contribution in [0.5, 0.6) is 17.2 Å². The first-order valence-corrected chi connectivity index (χ1v) is 11.5. The molecule has 0 saturated carbocycles. The van der Waals surface area contributed by atoms with Crippen LogP contribution in [-0.4, -0.2) is 33.3 Å². The molecule has 0 spiro atoms. The molecule has 2 N–H and O–H groups in total. The van der Waals surface area contributed by atoms with E-state index in [0.29, 0.717) is 28.5 Å². The van der Waals surface area contributed by atoms with Crippen molar-refractivity contribution in [3.05, 3.63) is 107 Å². The van der Waals surface area contributed by atoms with Crippen LogP contribution in [0.15, 0.2) is 102 Å². The molecule has 0 saturated heterocycles. The summed E-state index contributed by atoms with van der Waals surface area (Å²) >= 11 is 0. The molecule has 3 aromatic rings. The largest absolute Gasteiger partial charge is 0.497 e. The van der Waals surface area contributed by atoms with E-state index in [1.165, 1.54) is 19.1 Å². The van der Waals surface area contributed by atoms with Gasteiger partial charge in [-0.2, -0.15) is 5.26 Å². The lowest BCUT2D eigenvalue weighted by atomic mass is 9.81. The molecule has 1 aliphatic rings. The molecule has 0 amide bonds. The van der Waals surface area contributed by atoms with Gasteiger partial charge >= 0.3 is 11.9 Å². The fraction of sp³-hybridized carbons (Fsp3) is 0.138. The van der Waals surface area contributed by atoms with E-state index in [2.05, 4.69) is 6.07 Å². The van der Waals surface area contributed by atoms with Crippen LogP contribution < -0.4 is 20.1 Å². The van der Waals surface area contributed by atoms with Gasteiger partial charge in [0, 0.05) is 0 Å². The van der Waals surface area contributed by atoms with Gasteiger partial charge in [-0.1, -0.05) is 42.5 Å². The zero-order chi connectivity index (χ0) is 27.2. The van der Waals surface area contributed by atoms with Gasteiger partial charge in [0.1, 0.15) is 23.0 Å². The van der Waals surface area contributed by atoms with Crippen LogP contribution in [0.3, 0.4) is 0 Å². The Morgan fingerprint density at radius 1 is 0.842 bits per heavy atom. The number of nitriles is 1. The summed E-state index contributed by atoms with van der Waals surface area (Å²) in [5.41, 5.74) is 7.27. The standard InChI is InChI=1S/C29H25N3O6/c1-35-19-13-15-20(16-14-19)38-23-12-8-7-11-22(23)32-26(29(34)37-3)25(28(33)36-2)24(21(17-30)27(32)31)18-9-5-4-6-10-18/h4-16,24H,31H2,1-3H3. The SMILES string of the molecule is COC(=O)C1=C(C(=O)OC)N(c2ccccc2Oc2ccc(OC)cc2)C(N)=C(C#N)C1c1ccccc1. The van der Waals surface area contributed by atoms with Gasteiger partial charge in [0.05, 0.1) is 50.2 Å². The van der Waals surface area contributed by atoms with Crippen LogP contribution in [0.2, 0.25) is 0 Å². The Bertz CT molecular complexity index is 1460. The fourth-order valence-corrected chi connectivity index (χ4v) is 4.26. The maximum absolute atomic E-state index is 13.3. The van der Waals surface area contributed by atoms with Crippen molar-refractivity contribution < 1.29 is 28.5 Å². The Morgan fingerprint density at radius 2 is 1.45 bits per heavy atom. The molecule has 1 atom stereocenters. The van der Waals surface area contributed by atoms with Crippen LogP contribution in [-0.2, 0) is 19.1 Å². The average Bonchev–Trinajstić information content (AvgIpc) is 2.97. The fourth-order valence-electron chi connectivity index (χ4n) is 4.26. The van der Waals surface area contributed by atoms with E-state index in [1.807, 2.05) is 0 Å². The number of carbonyl (C=O) groups excluding carboxylic acids is 2. The summed E-state index contributed by atoms with van der Waals surface area (Å²) in [4.78, 5) is 27.8. The molecule has 0 aromatic heterocycles. The van der Waals surface area contributed by atoms with Gasteiger partial charge in [-0.15, -0.1) is 0 Å². The quantitative estimate of drug-likeness (QED) is 0.460. The second-order valence-electron chi connectivity index (χ2n) is 8.08. The Hall–Kier alpha value is -5.23. The van der Waals surface area contributed by atoms with Gasteiger partial charge in [-0.05, 0) is 42.0 Å². The third-order valence-electron chi connectivity index (χ3n) is 6.00. The number of hydrogen-bond donors (Lipinski definition) is 1. The molecule has 0 bridgehead atoms. The van der Waals surface area contributed by atoms with Gasteiger partial charge in [-0.3, -0.25) is 4.90 Å². The number of hydrogen-bond acceptors (Lipinski definition) is 9. The van der Waals surface area contributed by atoms with Crippen LogP contribution >= 0.6 is 0 Å². The first-order chi connectivity index (χ1) is 18.4. The highest BCUT2D eigenvalue weighted by Gasteiger charge is 2.43. The number of esters is 2. The number of nitrogens with two attached hydrogens (primary N) is 1. The van der Waals surface area contributed by atoms with Gasteiger partial charge in [0.25, 0.3) is 0 Å².